The van der Waals surface area contributed by atoms with Gasteiger partial charge < -0.3 is 28.6 Å². The van der Waals surface area contributed by atoms with Gasteiger partial charge in [-0.1, -0.05) is 29.8 Å². The summed E-state index contributed by atoms with van der Waals surface area (Å²) in [6.45, 7) is 3.31. The molecule has 10 nitrogen and oxygen atoms in total. The maximum Gasteiger partial charge on any atom is 0.285 e. The van der Waals surface area contributed by atoms with E-state index in [1.165, 1.54) is 11.1 Å². The Morgan fingerprint density at radius 2 is 1.96 bits per heavy atom. The summed E-state index contributed by atoms with van der Waals surface area (Å²) < 4.78 is 48.8. The van der Waals surface area contributed by atoms with Gasteiger partial charge in [-0.05, 0) is 111 Å². The van der Waals surface area contributed by atoms with E-state index in [2.05, 4.69) is 33.5 Å². The van der Waals surface area contributed by atoms with Gasteiger partial charge in [0.1, 0.15) is 12.4 Å². The van der Waals surface area contributed by atoms with E-state index in [-0.39, 0.29) is 47.4 Å². The highest BCUT2D eigenvalue weighted by molar-refractivity contribution is 7.94. The van der Waals surface area contributed by atoms with Gasteiger partial charge in [-0.25, -0.2) is 4.21 Å². The molecular formula is C41H53ClN2O8S. The van der Waals surface area contributed by atoms with Crippen LogP contribution in [0.3, 0.4) is 0 Å². The maximum atomic E-state index is 14.8. The molecule has 3 heterocycles. The van der Waals surface area contributed by atoms with E-state index in [1.807, 2.05) is 18.2 Å². The molecule has 3 aliphatic heterocycles. The van der Waals surface area contributed by atoms with Crippen LogP contribution in [0.2, 0.25) is 5.02 Å². The van der Waals surface area contributed by atoms with Crippen molar-refractivity contribution in [1.82, 2.24) is 0 Å². The minimum Gasteiger partial charge on any atom is -0.490 e. The highest BCUT2D eigenvalue weighted by atomic mass is 35.5. The van der Waals surface area contributed by atoms with Gasteiger partial charge in [-0.15, -0.1) is 0 Å². The largest absolute Gasteiger partial charge is 0.490 e. The van der Waals surface area contributed by atoms with Gasteiger partial charge >= 0.3 is 0 Å². The Bertz CT molecular complexity index is 1800. The summed E-state index contributed by atoms with van der Waals surface area (Å²) >= 11 is 6.47. The van der Waals surface area contributed by atoms with Gasteiger partial charge in [0, 0.05) is 62.3 Å². The first-order valence-corrected chi connectivity index (χ1v) is 21.4. The molecule has 7 rings (SSSR count). The van der Waals surface area contributed by atoms with Crippen molar-refractivity contribution in [2.75, 3.05) is 76.7 Å². The first-order chi connectivity index (χ1) is 25.7. The number of anilines is 1. The second-order valence-corrected chi connectivity index (χ2v) is 18.4. The van der Waals surface area contributed by atoms with E-state index < -0.39 is 15.6 Å². The quantitative estimate of drug-likeness (QED) is 0.280. The molecule has 1 spiro atoms. The number of ketones is 1. The number of allylic oxidation sites excluding steroid dienone is 1. The number of methoxy groups -OCH3 is 2. The van der Waals surface area contributed by atoms with Crippen LogP contribution in [0.5, 0.6) is 5.75 Å². The summed E-state index contributed by atoms with van der Waals surface area (Å²) in [5.74, 6) is -0.0986. The minimum absolute atomic E-state index is 0.0375. The molecule has 5 aliphatic rings. The third-order valence-corrected chi connectivity index (χ3v) is 14.4. The molecule has 2 bridgehead atoms. The van der Waals surface area contributed by atoms with Crippen LogP contribution >= 0.6 is 11.6 Å². The average Bonchev–Trinajstić information content (AvgIpc) is 3.28. The van der Waals surface area contributed by atoms with Crippen molar-refractivity contribution in [3.05, 3.63) is 70.3 Å². The van der Waals surface area contributed by atoms with E-state index in [4.69, 9.17) is 35.3 Å². The van der Waals surface area contributed by atoms with Gasteiger partial charge in [-0.3, -0.25) is 9.59 Å². The van der Waals surface area contributed by atoms with Gasteiger partial charge in [0.2, 0.25) is 0 Å². The number of ether oxygens (including phenoxy) is 5. The number of halogens is 1. The Balaban J connectivity index is 1.26. The molecular weight excluding hydrogens is 716 g/mol. The molecule has 2 aromatic rings. The summed E-state index contributed by atoms with van der Waals surface area (Å²) in [5.41, 5.74) is 3.43. The van der Waals surface area contributed by atoms with Crippen molar-refractivity contribution in [3.8, 4) is 5.75 Å². The average molecular weight is 769 g/mol. The van der Waals surface area contributed by atoms with Crippen molar-refractivity contribution >= 4 is 38.7 Å². The Labute approximate surface area is 319 Å². The van der Waals surface area contributed by atoms with Gasteiger partial charge in [0.15, 0.2) is 5.78 Å². The lowest BCUT2D eigenvalue weighted by Crippen LogP contribution is -2.49. The third kappa shape index (κ3) is 8.86. The molecule has 1 saturated carbocycles. The zero-order valence-electron chi connectivity index (χ0n) is 31.0. The normalized spacial score (nSPS) is 31.3. The number of aryl methyl sites for hydroxylation is 1. The Morgan fingerprint density at radius 1 is 1.11 bits per heavy atom. The van der Waals surface area contributed by atoms with Gasteiger partial charge in [-0.2, -0.15) is 4.36 Å². The van der Waals surface area contributed by atoms with E-state index in [0.717, 1.165) is 55.9 Å². The maximum absolute atomic E-state index is 14.8. The first kappa shape index (κ1) is 38.5. The summed E-state index contributed by atoms with van der Waals surface area (Å²) in [4.78, 5) is 29.9. The van der Waals surface area contributed by atoms with Gasteiger partial charge in [0.25, 0.3) is 5.91 Å². The van der Waals surface area contributed by atoms with Crippen molar-refractivity contribution in [3.63, 3.8) is 0 Å². The molecule has 0 N–H and O–H groups in total. The van der Waals surface area contributed by atoms with E-state index in [0.29, 0.717) is 68.8 Å². The number of hydrogen-bond acceptors (Lipinski definition) is 9. The second-order valence-electron chi connectivity index (χ2n) is 15.6. The smallest absolute Gasteiger partial charge is 0.285 e. The predicted molar refractivity (Wildman–Crippen MR) is 206 cm³/mol. The first-order valence-electron chi connectivity index (χ1n) is 19.1. The van der Waals surface area contributed by atoms with Crippen LogP contribution in [0.4, 0.5) is 5.69 Å². The monoisotopic (exact) mass is 768 g/mol. The third-order valence-electron chi connectivity index (χ3n) is 11.9. The summed E-state index contributed by atoms with van der Waals surface area (Å²) in [6, 6.07) is 11.6. The van der Waals surface area contributed by atoms with Crippen molar-refractivity contribution < 1.29 is 37.5 Å². The summed E-state index contributed by atoms with van der Waals surface area (Å²) in [7, 11) is 0.0205. The lowest BCUT2D eigenvalue weighted by molar-refractivity contribution is -0.125. The number of carbonyl (C=O) groups is 2. The van der Waals surface area contributed by atoms with E-state index in [1.54, 1.807) is 20.3 Å². The molecule has 2 fully saturated rings. The molecule has 6 atom stereocenters. The number of amides is 1. The molecule has 0 radical (unpaired) electrons. The predicted octanol–water partition coefficient (Wildman–Crippen LogP) is 6.45. The molecule has 2 aromatic carbocycles. The fourth-order valence-corrected chi connectivity index (χ4v) is 11.5. The van der Waals surface area contributed by atoms with Crippen molar-refractivity contribution in [2.24, 2.45) is 22.1 Å². The second kappa shape index (κ2) is 16.9. The fraction of sp³-hybridized carbons (Fsp3) is 0.610. The SMILES string of the molecule is COC[C@H]1C/C=C/[C@H](OC)[C@@H]2CC[C@H]2CN2C[C@@]3(CCCc4cc(Cl)ccc43)COc3ccc(cc32)C(=O)N=[S@@](=O)(CC(=O)COC2CCOCC2)C1. The molecule has 0 unspecified atom stereocenters. The van der Waals surface area contributed by atoms with Crippen molar-refractivity contribution in [1.29, 1.82) is 0 Å². The van der Waals surface area contributed by atoms with E-state index >= 15 is 0 Å². The Kier molecular flexibility index (Phi) is 12.3. The Hall–Kier alpha value is -2.80. The Morgan fingerprint density at radius 3 is 2.74 bits per heavy atom. The summed E-state index contributed by atoms with van der Waals surface area (Å²) in [5, 5.41) is 0.741. The number of Topliss-reactive ketones (excluding diaryl/α,β-unsaturated/α-hetero) is 1. The van der Waals surface area contributed by atoms with Crippen molar-refractivity contribution in [2.45, 2.75) is 69.0 Å². The highest BCUT2D eigenvalue weighted by Crippen LogP contribution is 2.47. The molecule has 1 amide bonds. The van der Waals surface area contributed by atoms with Crippen LogP contribution in [-0.2, 0) is 45.3 Å². The highest BCUT2D eigenvalue weighted by Gasteiger charge is 2.44. The number of benzene rings is 2. The number of fused-ring (bicyclic) bond motifs is 4. The molecule has 12 heteroatoms. The molecule has 53 heavy (non-hydrogen) atoms. The van der Waals surface area contributed by atoms with Crippen LogP contribution in [0.1, 0.15) is 66.4 Å². The van der Waals surface area contributed by atoms with E-state index in [9.17, 15) is 13.8 Å². The molecule has 1 saturated heterocycles. The fourth-order valence-electron chi connectivity index (χ4n) is 9.05. The van der Waals surface area contributed by atoms with Crippen LogP contribution < -0.4 is 9.64 Å². The lowest BCUT2D eigenvalue weighted by atomic mass is 9.68. The molecule has 0 aromatic heterocycles. The lowest BCUT2D eigenvalue weighted by Gasteiger charge is -2.46. The minimum atomic E-state index is -3.35. The molecule has 288 valence electrons. The van der Waals surface area contributed by atoms with Crippen LogP contribution in [0.25, 0.3) is 0 Å². The number of hydrogen-bond donors (Lipinski definition) is 0. The number of carbonyl (C=O) groups excluding carboxylic acids is 2. The topological polar surface area (TPSA) is 113 Å². The zero-order valence-corrected chi connectivity index (χ0v) is 32.5. The molecule has 2 aliphatic carbocycles. The standard InChI is InChI=1S/C41H53ClN2O8S/c1-48-22-28-5-3-7-38(49-2)35-11-8-31(35)21-44-26-41(16-4-6-29-19-32(42)10-12-36(29)41)27-52-39-13-9-30(20-37(39)44)40(46)43-53(47,24-28)25-33(45)23-51-34-14-17-50-18-15-34/h3,7,9-10,12-13,19-20,28,31,34-35,38H,4-6,8,11,14-18,21-27H2,1-2H3/b7-3+/t28-,31+,35-,38+,41+,53+/m1/s1. The summed E-state index contributed by atoms with van der Waals surface area (Å²) in [6.07, 6.45) is 11.1. The van der Waals surface area contributed by atoms with Crippen LogP contribution in [-0.4, -0.2) is 100.0 Å². The number of rotatable bonds is 8. The van der Waals surface area contributed by atoms with Crippen LogP contribution in [0.15, 0.2) is 52.9 Å². The van der Waals surface area contributed by atoms with Crippen LogP contribution in [0, 0.1) is 17.8 Å². The van der Waals surface area contributed by atoms with Gasteiger partial charge in [0.05, 0.1) is 46.6 Å². The number of nitrogens with zero attached hydrogens (tertiary/aromatic N) is 2. The zero-order chi connectivity index (χ0) is 37.0.